The van der Waals surface area contributed by atoms with Crippen LogP contribution in [0.15, 0.2) is 24.4 Å². The standard InChI is InChI=1S/C18H28N2OSi/c1-18(2,3)22(6,7)20-12-15(11-19(4)5)17-14(13-21)9-8-10-16(17)20/h8-10,12-13H,11H2,1-7H3. The van der Waals surface area contributed by atoms with Crippen LogP contribution in [0.2, 0.25) is 18.1 Å². The summed E-state index contributed by atoms with van der Waals surface area (Å²) in [6, 6.07) is 6.07. The molecule has 0 unspecified atom stereocenters. The summed E-state index contributed by atoms with van der Waals surface area (Å²) in [6.07, 6.45) is 3.27. The van der Waals surface area contributed by atoms with Crippen molar-refractivity contribution in [1.29, 1.82) is 0 Å². The molecule has 0 saturated carbocycles. The number of hydrogen-bond donors (Lipinski definition) is 0. The van der Waals surface area contributed by atoms with Crippen molar-refractivity contribution >= 4 is 25.4 Å². The molecule has 0 bridgehead atoms. The Bertz CT molecular complexity index is 693. The molecule has 0 fully saturated rings. The van der Waals surface area contributed by atoms with Crippen molar-refractivity contribution in [2.24, 2.45) is 0 Å². The Morgan fingerprint density at radius 2 is 1.86 bits per heavy atom. The lowest BCUT2D eigenvalue weighted by molar-refractivity contribution is 0.112. The monoisotopic (exact) mass is 316 g/mol. The SMILES string of the molecule is CN(C)Cc1cn([Si](C)(C)C(C)(C)C)c2cccc(C=O)c12. The Morgan fingerprint density at radius 3 is 2.36 bits per heavy atom. The summed E-state index contributed by atoms with van der Waals surface area (Å²) in [6.45, 7) is 12.6. The zero-order chi connectivity index (χ0) is 16.7. The molecule has 0 spiro atoms. The molecule has 120 valence electrons. The Hall–Kier alpha value is -1.39. The fourth-order valence-electron chi connectivity index (χ4n) is 2.78. The number of carbonyl (C=O) groups excluding carboxylic acids is 1. The fraction of sp³-hybridized carbons (Fsp3) is 0.500. The predicted octanol–water partition coefficient (Wildman–Crippen LogP) is 4.37. The normalized spacial score (nSPS) is 13.1. The van der Waals surface area contributed by atoms with Crippen LogP contribution in [0.1, 0.15) is 36.7 Å². The molecule has 0 aliphatic rings. The van der Waals surface area contributed by atoms with Crippen molar-refractivity contribution in [3.63, 3.8) is 0 Å². The van der Waals surface area contributed by atoms with Gasteiger partial charge in [-0.2, -0.15) is 0 Å². The predicted molar refractivity (Wildman–Crippen MR) is 97.3 cm³/mol. The molecule has 2 rings (SSSR count). The highest BCUT2D eigenvalue weighted by atomic mass is 28.3. The molecule has 4 heteroatoms. The second-order valence-corrected chi connectivity index (χ2v) is 13.0. The van der Waals surface area contributed by atoms with E-state index >= 15 is 0 Å². The van der Waals surface area contributed by atoms with E-state index < -0.39 is 8.24 Å². The minimum absolute atomic E-state index is 0.242. The van der Waals surface area contributed by atoms with E-state index in [1.165, 1.54) is 11.1 Å². The van der Waals surface area contributed by atoms with Gasteiger partial charge in [-0.1, -0.05) is 46.0 Å². The molecule has 0 amide bonds. The van der Waals surface area contributed by atoms with Gasteiger partial charge in [0.25, 0.3) is 0 Å². The van der Waals surface area contributed by atoms with Crippen molar-refractivity contribution in [3.05, 3.63) is 35.5 Å². The average Bonchev–Trinajstić information content (AvgIpc) is 2.76. The first-order chi connectivity index (χ1) is 10.1. The van der Waals surface area contributed by atoms with Crippen molar-refractivity contribution in [2.45, 2.75) is 45.4 Å². The Balaban J connectivity index is 2.80. The third-order valence-electron chi connectivity index (χ3n) is 4.99. The first-order valence-corrected chi connectivity index (χ1v) is 10.8. The maximum absolute atomic E-state index is 11.5. The van der Waals surface area contributed by atoms with Crippen LogP contribution in [0.25, 0.3) is 10.9 Å². The number of carbonyl (C=O) groups is 1. The summed E-state index contributed by atoms with van der Waals surface area (Å²) >= 11 is 0. The highest BCUT2D eigenvalue weighted by molar-refractivity contribution is 6.79. The second-order valence-electron chi connectivity index (χ2n) is 7.93. The maximum atomic E-state index is 11.5. The zero-order valence-electron chi connectivity index (χ0n) is 14.9. The van der Waals surface area contributed by atoms with E-state index in [-0.39, 0.29) is 5.04 Å². The van der Waals surface area contributed by atoms with Crippen LogP contribution in [0.3, 0.4) is 0 Å². The van der Waals surface area contributed by atoms with Crippen molar-refractivity contribution in [3.8, 4) is 0 Å². The van der Waals surface area contributed by atoms with Gasteiger partial charge in [0, 0.05) is 29.2 Å². The summed E-state index contributed by atoms with van der Waals surface area (Å²) in [5.74, 6) is 0. The molecule has 2 aromatic rings. The lowest BCUT2D eigenvalue weighted by atomic mass is 10.1. The Morgan fingerprint density at radius 1 is 1.23 bits per heavy atom. The topological polar surface area (TPSA) is 25.2 Å². The molecule has 0 atom stereocenters. The minimum Gasteiger partial charge on any atom is -0.374 e. The third-order valence-corrected chi connectivity index (χ3v) is 10.2. The first kappa shape index (κ1) is 17.0. The van der Waals surface area contributed by atoms with Gasteiger partial charge in [-0.05, 0) is 30.8 Å². The summed E-state index contributed by atoms with van der Waals surface area (Å²) in [4.78, 5) is 13.7. The van der Waals surface area contributed by atoms with E-state index in [1.807, 2.05) is 12.1 Å². The maximum Gasteiger partial charge on any atom is 0.161 e. The lowest BCUT2D eigenvalue weighted by Crippen LogP contribution is -2.44. The number of hydrogen-bond acceptors (Lipinski definition) is 2. The van der Waals surface area contributed by atoms with E-state index in [2.05, 4.69) is 69.4 Å². The molecular weight excluding hydrogens is 288 g/mol. The van der Waals surface area contributed by atoms with E-state index in [9.17, 15) is 4.79 Å². The number of aldehydes is 1. The van der Waals surface area contributed by atoms with Gasteiger partial charge in [0.15, 0.2) is 14.5 Å². The fourth-order valence-corrected chi connectivity index (χ4v) is 4.77. The quantitative estimate of drug-likeness (QED) is 0.618. The second kappa shape index (κ2) is 5.67. The highest BCUT2D eigenvalue weighted by Gasteiger charge is 2.38. The molecule has 1 aromatic heterocycles. The van der Waals surface area contributed by atoms with E-state index in [1.54, 1.807) is 0 Å². The van der Waals surface area contributed by atoms with Crippen LogP contribution in [-0.2, 0) is 6.54 Å². The largest absolute Gasteiger partial charge is 0.374 e. The van der Waals surface area contributed by atoms with E-state index in [0.29, 0.717) is 0 Å². The molecular formula is C18H28N2OSi. The van der Waals surface area contributed by atoms with E-state index in [0.717, 1.165) is 23.8 Å². The number of nitrogens with zero attached hydrogens (tertiary/aromatic N) is 2. The van der Waals surface area contributed by atoms with Crippen LogP contribution in [0.5, 0.6) is 0 Å². The molecule has 3 nitrogen and oxygen atoms in total. The molecule has 0 radical (unpaired) electrons. The molecule has 22 heavy (non-hydrogen) atoms. The van der Waals surface area contributed by atoms with Gasteiger partial charge < -0.3 is 9.13 Å². The van der Waals surface area contributed by atoms with Gasteiger partial charge in [0.05, 0.1) is 0 Å². The number of rotatable bonds is 4. The van der Waals surface area contributed by atoms with Crippen molar-refractivity contribution < 1.29 is 4.79 Å². The first-order valence-electron chi connectivity index (χ1n) is 7.83. The van der Waals surface area contributed by atoms with Crippen LogP contribution in [-0.4, -0.2) is 37.7 Å². The van der Waals surface area contributed by atoms with Crippen LogP contribution in [0.4, 0.5) is 0 Å². The van der Waals surface area contributed by atoms with Gasteiger partial charge in [0.2, 0.25) is 0 Å². The molecule has 0 N–H and O–H groups in total. The number of fused-ring (bicyclic) bond motifs is 1. The van der Waals surface area contributed by atoms with Gasteiger partial charge >= 0.3 is 0 Å². The third kappa shape index (κ3) is 2.77. The molecule has 0 aliphatic carbocycles. The van der Waals surface area contributed by atoms with Crippen LogP contribution in [0, 0.1) is 0 Å². The Labute approximate surface area is 135 Å². The molecule has 1 heterocycles. The van der Waals surface area contributed by atoms with Crippen molar-refractivity contribution in [2.75, 3.05) is 14.1 Å². The highest BCUT2D eigenvalue weighted by Crippen LogP contribution is 2.40. The zero-order valence-corrected chi connectivity index (χ0v) is 15.9. The van der Waals surface area contributed by atoms with Gasteiger partial charge in [-0.3, -0.25) is 4.79 Å². The molecule has 1 aromatic carbocycles. The Kier molecular flexibility index (Phi) is 4.37. The minimum atomic E-state index is -1.73. The number of benzene rings is 1. The van der Waals surface area contributed by atoms with Gasteiger partial charge in [-0.25, -0.2) is 0 Å². The summed E-state index contributed by atoms with van der Waals surface area (Å²) in [5, 5.41) is 1.36. The molecule has 0 aliphatic heterocycles. The summed E-state index contributed by atoms with van der Waals surface area (Å²) in [5.41, 5.74) is 3.24. The lowest BCUT2D eigenvalue weighted by Gasteiger charge is -2.38. The van der Waals surface area contributed by atoms with Crippen LogP contribution >= 0.6 is 0 Å². The van der Waals surface area contributed by atoms with Gasteiger partial charge in [0.1, 0.15) is 0 Å². The van der Waals surface area contributed by atoms with E-state index in [4.69, 9.17) is 0 Å². The number of aromatic nitrogens is 1. The van der Waals surface area contributed by atoms with Crippen LogP contribution < -0.4 is 0 Å². The molecule has 0 saturated heterocycles. The van der Waals surface area contributed by atoms with Gasteiger partial charge in [-0.15, -0.1) is 0 Å². The smallest absolute Gasteiger partial charge is 0.161 e. The summed E-state index contributed by atoms with van der Waals surface area (Å²) < 4.78 is 2.48. The average molecular weight is 317 g/mol. The van der Waals surface area contributed by atoms with Crippen molar-refractivity contribution in [1.82, 2.24) is 9.13 Å². The summed E-state index contributed by atoms with van der Waals surface area (Å²) in [7, 11) is 2.41.